The van der Waals surface area contributed by atoms with E-state index >= 15 is 0 Å². The molecule has 212 valence electrons. The normalized spacial score (nSPS) is 41.6. The van der Waals surface area contributed by atoms with Crippen molar-refractivity contribution in [2.75, 3.05) is 19.8 Å². The van der Waals surface area contributed by atoms with Crippen molar-refractivity contribution in [3.05, 3.63) is 84.0 Å². The zero-order valence-electron chi connectivity index (χ0n) is 23.8. The molecule has 2 spiro atoms. The van der Waals surface area contributed by atoms with Gasteiger partial charge in [0.05, 0.1) is 31.0 Å². The summed E-state index contributed by atoms with van der Waals surface area (Å²) in [6, 6.07) is 8.07. The van der Waals surface area contributed by atoms with Crippen LogP contribution in [0.2, 0.25) is 0 Å². The minimum Gasteiger partial charge on any atom is -0.385 e. The number of benzene rings is 1. The zero-order chi connectivity index (χ0) is 28.0. The van der Waals surface area contributed by atoms with Gasteiger partial charge in [-0.25, -0.2) is 0 Å². The summed E-state index contributed by atoms with van der Waals surface area (Å²) >= 11 is 0. The fourth-order valence-electron chi connectivity index (χ4n) is 10.3. The van der Waals surface area contributed by atoms with E-state index in [1.54, 1.807) is 0 Å². The predicted molar refractivity (Wildman–Crippen MR) is 154 cm³/mol. The van der Waals surface area contributed by atoms with Gasteiger partial charge in [-0.15, -0.1) is 6.58 Å². The molecule has 5 heteroatoms. The Morgan fingerprint density at radius 2 is 1.75 bits per heavy atom. The largest absolute Gasteiger partial charge is 0.385 e. The van der Waals surface area contributed by atoms with Crippen molar-refractivity contribution in [1.82, 2.24) is 0 Å². The quantitative estimate of drug-likeness (QED) is 0.264. The molecule has 2 heterocycles. The van der Waals surface area contributed by atoms with Gasteiger partial charge in [0, 0.05) is 35.2 Å². The minimum atomic E-state index is -0.959. The van der Waals surface area contributed by atoms with E-state index in [9.17, 15) is 9.90 Å². The molecule has 5 fully saturated rings. The molecule has 0 amide bonds. The first-order valence-electron chi connectivity index (χ1n) is 15.1. The molecule has 6 atom stereocenters. The van der Waals surface area contributed by atoms with Crippen LogP contribution in [0.25, 0.3) is 0 Å². The smallest absolute Gasteiger partial charge is 0.185 e. The van der Waals surface area contributed by atoms with Crippen molar-refractivity contribution in [3.8, 4) is 0 Å². The summed E-state index contributed by atoms with van der Waals surface area (Å²) in [5.74, 6) is -0.325. The zero-order valence-corrected chi connectivity index (χ0v) is 23.8. The Kier molecular flexibility index (Phi) is 5.88. The molecule has 3 saturated carbocycles. The van der Waals surface area contributed by atoms with Gasteiger partial charge in [-0.1, -0.05) is 56.0 Å². The summed E-state index contributed by atoms with van der Waals surface area (Å²) in [5, 5.41) is 12.4. The van der Waals surface area contributed by atoms with E-state index in [0.29, 0.717) is 37.5 Å². The maximum Gasteiger partial charge on any atom is 0.185 e. The van der Waals surface area contributed by atoms with Crippen molar-refractivity contribution >= 4 is 5.78 Å². The fraction of sp³-hybridized carbons (Fsp3) is 0.571. The third kappa shape index (κ3) is 3.32. The van der Waals surface area contributed by atoms with E-state index in [0.717, 1.165) is 51.6 Å². The van der Waals surface area contributed by atoms with E-state index in [1.807, 2.05) is 12.1 Å². The Morgan fingerprint density at radius 3 is 2.40 bits per heavy atom. The van der Waals surface area contributed by atoms with Crippen LogP contribution < -0.4 is 0 Å². The Morgan fingerprint density at radius 1 is 1.00 bits per heavy atom. The molecule has 1 aromatic carbocycles. The van der Waals surface area contributed by atoms with E-state index in [2.05, 4.69) is 44.9 Å². The Labute approximate surface area is 238 Å². The summed E-state index contributed by atoms with van der Waals surface area (Å²) in [6.07, 6.45) is 11.0. The second-order valence-corrected chi connectivity index (χ2v) is 13.4. The number of allylic oxidation sites excluding steroid dienone is 3. The Bertz CT molecular complexity index is 1320. The van der Waals surface area contributed by atoms with Crippen LogP contribution in [0.5, 0.6) is 0 Å². The SMILES string of the molecule is C=CC(=O)c1ccc([C@H]2C[C@@]3(C)[C@@H](CC[C@]34OCCC4=C)[C@]3(C=C)CC[C@@]4(O)CC5(CCC4=C23)OCCO5)cc1. The molecular formula is C35H42O5. The molecular weight excluding hydrogens is 500 g/mol. The summed E-state index contributed by atoms with van der Waals surface area (Å²) in [4.78, 5) is 12.4. The average molecular weight is 543 g/mol. The molecule has 0 unspecified atom stereocenters. The molecule has 5 nitrogen and oxygen atoms in total. The van der Waals surface area contributed by atoms with Crippen LogP contribution >= 0.6 is 0 Å². The van der Waals surface area contributed by atoms with Gasteiger partial charge >= 0.3 is 0 Å². The molecule has 0 radical (unpaired) electrons. The maximum absolute atomic E-state index is 12.4. The lowest BCUT2D eigenvalue weighted by Gasteiger charge is -2.62. The number of ketones is 1. The van der Waals surface area contributed by atoms with Gasteiger partial charge in [0.25, 0.3) is 0 Å². The fourth-order valence-corrected chi connectivity index (χ4v) is 10.3. The Balaban J connectivity index is 1.42. The summed E-state index contributed by atoms with van der Waals surface area (Å²) in [6.45, 7) is 17.1. The molecule has 4 aliphatic carbocycles. The summed E-state index contributed by atoms with van der Waals surface area (Å²) in [5.41, 5.74) is 3.94. The number of aliphatic hydroxyl groups is 1. The molecule has 2 saturated heterocycles. The van der Waals surface area contributed by atoms with Crippen molar-refractivity contribution in [3.63, 3.8) is 0 Å². The van der Waals surface area contributed by atoms with E-state index in [-0.39, 0.29) is 28.1 Å². The van der Waals surface area contributed by atoms with Gasteiger partial charge in [-0.05, 0) is 73.6 Å². The van der Waals surface area contributed by atoms with Crippen LogP contribution in [0.15, 0.2) is 72.9 Å². The van der Waals surface area contributed by atoms with Gasteiger partial charge < -0.3 is 19.3 Å². The number of rotatable bonds is 4. The number of fused-ring (bicyclic) bond motifs is 5. The van der Waals surface area contributed by atoms with Crippen LogP contribution in [-0.4, -0.2) is 47.7 Å². The van der Waals surface area contributed by atoms with Crippen molar-refractivity contribution in [2.24, 2.45) is 16.7 Å². The Hall–Kier alpha value is -2.31. The molecule has 0 bridgehead atoms. The first-order valence-corrected chi connectivity index (χ1v) is 15.1. The maximum atomic E-state index is 12.4. The van der Waals surface area contributed by atoms with Gasteiger partial charge in [0.1, 0.15) is 0 Å². The van der Waals surface area contributed by atoms with E-state index in [1.165, 1.54) is 28.4 Å². The molecule has 1 N–H and O–H groups in total. The average Bonchev–Trinajstić information content (AvgIpc) is 3.65. The predicted octanol–water partition coefficient (Wildman–Crippen LogP) is 6.60. The lowest BCUT2D eigenvalue weighted by atomic mass is 9.43. The second-order valence-electron chi connectivity index (χ2n) is 13.4. The topological polar surface area (TPSA) is 65.0 Å². The number of carbonyl (C=O) groups excluding carboxylic acids is 1. The van der Waals surface area contributed by atoms with Crippen LogP contribution in [-0.2, 0) is 14.2 Å². The van der Waals surface area contributed by atoms with Crippen molar-refractivity contribution in [2.45, 2.75) is 87.6 Å². The van der Waals surface area contributed by atoms with Crippen LogP contribution in [0.3, 0.4) is 0 Å². The minimum absolute atomic E-state index is 0.0698. The number of ether oxygens (including phenoxy) is 3. The van der Waals surface area contributed by atoms with Gasteiger partial charge in [0.2, 0.25) is 0 Å². The summed E-state index contributed by atoms with van der Waals surface area (Å²) < 4.78 is 18.9. The molecule has 7 rings (SSSR count). The van der Waals surface area contributed by atoms with Crippen molar-refractivity contribution < 1.29 is 24.1 Å². The number of hydrogen-bond acceptors (Lipinski definition) is 5. The lowest BCUT2D eigenvalue weighted by Crippen LogP contribution is -2.59. The van der Waals surface area contributed by atoms with Crippen LogP contribution in [0.1, 0.15) is 86.6 Å². The molecule has 2 aliphatic heterocycles. The third-order valence-electron chi connectivity index (χ3n) is 12.0. The highest BCUT2D eigenvalue weighted by atomic mass is 16.7. The van der Waals surface area contributed by atoms with Gasteiger partial charge in [0.15, 0.2) is 11.6 Å². The van der Waals surface area contributed by atoms with E-state index in [4.69, 9.17) is 14.2 Å². The van der Waals surface area contributed by atoms with Crippen LogP contribution in [0.4, 0.5) is 0 Å². The molecule has 1 aromatic rings. The number of hydrogen-bond donors (Lipinski definition) is 1. The second kappa shape index (κ2) is 8.84. The van der Waals surface area contributed by atoms with Gasteiger partial charge in [-0.2, -0.15) is 0 Å². The van der Waals surface area contributed by atoms with Crippen molar-refractivity contribution in [1.29, 1.82) is 0 Å². The van der Waals surface area contributed by atoms with E-state index < -0.39 is 11.4 Å². The van der Waals surface area contributed by atoms with Gasteiger partial charge in [-0.3, -0.25) is 4.79 Å². The molecule has 0 aromatic heterocycles. The monoisotopic (exact) mass is 542 g/mol. The summed E-state index contributed by atoms with van der Waals surface area (Å²) in [7, 11) is 0. The molecule has 6 aliphatic rings. The highest BCUT2D eigenvalue weighted by Crippen LogP contribution is 2.75. The number of carbonyl (C=O) groups is 1. The highest BCUT2D eigenvalue weighted by Gasteiger charge is 2.70. The first-order chi connectivity index (χ1) is 19.2. The van der Waals surface area contributed by atoms with Crippen LogP contribution in [0, 0.1) is 16.7 Å². The molecule has 40 heavy (non-hydrogen) atoms. The lowest BCUT2D eigenvalue weighted by molar-refractivity contribution is -0.209. The first kappa shape index (κ1) is 26.6. The standard InChI is InChI=1S/C35H42O5/c1-5-28(36)25-9-7-24(8-10-25)26-21-31(4)29(12-15-35(31)23(3)13-18-40-35)32(6-2)16-17-33(37)22-34(38-19-20-39-34)14-11-27(33)30(26)32/h5-10,26,29,37H,1-3,11-22H2,4H3/t26-,29-,31+,32+,33-,35-/m1/s1. The third-order valence-corrected chi connectivity index (χ3v) is 12.0. The highest BCUT2D eigenvalue weighted by molar-refractivity contribution is 6.04.